The van der Waals surface area contributed by atoms with Crippen molar-refractivity contribution in [2.45, 2.75) is 26.1 Å². The number of piperazine rings is 1. The summed E-state index contributed by atoms with van der Waals surface area (Å²) in [6.07, 6.45) is -1.51. The second kappa shape index (κ2) is 7.53. The molecule has 3 rings (SSSR count). The standard InChI is InChI=1S/C17H19F4N5/c1-2-13-14(18)16(24-11-23-13)26-8-6-25(7-9-26)10-12-4-3-5-22-15(12)17(19,20)21/h3-5,11H,2,6-10H2,1H3. The Morgan fingerprint density at radius 1 is 1.08 bits per heavy atom. The van der Waals surface area contributed by atoms with Crippen LogP contribution in [0.5, 0.6) is 0 Å². The molecule has 2 aromatic heterocycles. The Hall–Kier alpha value is -2.29. The van der Waals surface area contributed by atoms with Crippen LogP contribution in [-0.4, -0.2) is 46.0 Å². The third kappa shape index (κ3) is 3.92. The number of alkyl halides is 3. The maximum Gasteiger partial charge on any atom is 0.433 e. The second-order valence-electron chi connectivity index (χ2n) is 6.08. The minimum absolute atomic E-state index is 0.148. The molecule has 1 fully saturated rings. The van der Waals surface area contributed by atoms with Crippen LogP contribution >= 0.6 is 0 Å². The SMILES string of the molecule is CCc1ncnc(N2CCN(Cc3cccnc3C(F)(F)F)CC2)c1F. The summed E-state index contributed by atoms with van der Waals surface area (Å²) >= 11 is 0. The number of aryl methyl sites for hydroxylation is 1. The lowest BCUT2D eigenvalue weighted by atomic mass is 10.1. The molecule has 0 spiro atoms. The zero-order chi connectivity index (χ0) is 18.7. The van der Waals surface area contributed by atoms with E-state index in [9.17, 15) is 17.6 Å². The van der Waals surface area contributed by atoms with Gasteiger partial charge in [0.15, 0.2) is 11.6 Å². The quantitative estimate of drug-likeness (QED) is 0.776. The molecule has 3 heterocycles. The van der Waals surface area contributed by atoms with Crippen LogP contribution in [-0.2, 0) is 19.1 Å². The highest BCUT2D eigenvalue weighted by atomic mass is 19.4. The first kappa shape index (κ1) is 18.5. The normalized spacial score (nSPS) is 16.1. The number of hydrogen-bond donors (Lipinski definition) is 0. The maximum atomic E-state index is 14.4. The van der Waals surface area contributed by atoms with Crippen molar-refractivity contribution >= 4 is 5.82 Å². The van der Waals surface area contributed by atoms with Crippen LogP contribution in [0.3, 0.4) is 0 Å². The molecule has 1 aliphatic heterocycles. The number of nitrogens with zero attached hydrogens (tertiary/aromatic N) is 5. The van der Waals surface area contributed by atoms with E-state index in [1.165, 1.54) is 18.5 Å². The number of hydrogen-bond acceptors (Lipinski definition) is 5. The summed E-state index contributed by atoms with van der Waals surface area (Å²) in [5.74, 6) is -0.163. The molecule has 5 nitrogen and oxygen atoms in total. The van der Waals surface area contributed by atoms with Crippen molar-refractivity contribution in [2.75, 3.05) is 31.1 Å². The van der Waals surface area contributed by atoms with Gasteiger partial charge in [0.25, 0.3) is 0 Å². The molecule has 0 amide bonds. The smallest absolute Gasteiger partial charge is 0.352 e. The minimum Gasteiger partial charge on any atom is -0.352 e. The highest BCUT2D eigenvalue weighted by molar-refractivity contribution is 5.41. The number of aromatic nitrogens is 3. The molecule has 1 aliphatic rings. The summed E-state index contributed by atoms with van der Waals surface area (Å²) in [4.78, 5) is 15.1. The average molecular weight is 369 g/mol. The van der Waals surface area contributed by atoms with Gasteiger partial charge in [0, 0.05) is 38.9 Å². The van der Waals surface area contributed by atoms with Crippen molar-refractivity contribution in [3.63, 3.8) is 0 Å². The van der Waals surface area contributed by atoms with E-state index in [-0.39, 0.29) is 17.9 Å². The van der Waals surface area contributed by atoms with Crippen LogP contribution in [0, 0.1) is 5.82 Å². The Bertz CT molecular complexity index is 757. The van der Waals surface area contributed by atoms with Crippen molar-refractivity contribution < 1.29 is 17.6 Å². The monoisotopic (exact) mass is 369 g/mol. The topological polar surface area (TPSA) is 45.2 Å². The minimum atomic E-state index is -4.47. The Balaban J connectivity index is 1.67. The van der Waals surface area contributed by atoms with Crippen LogP contribution in [0.1, 0.15) is 23.9 Å². The van der Waals surface area contributed by atoms with Gasteiger partial charge in [-0.3, -0.25) is 9.88 Å². The summed E-state index contributed by atoms with van der Waals surface area (Å²) in [6, 6.07) is 2.95. The predicted molar refractivity (Wildman–Crippen MR) is 88.1 cm³/mol. The molecule has 0 N–H and O–H groups in total. The van der Waals surface area contributed by atoms with Crippen LogP contribution < -0.4 is 4.90 Å². The number of rotatable bonds is 4. The van der Waals surface area contributed by atoms with Crippen LogP contribution in [0.4, 0.5) is 23.4 Å². The van der Waals surface area contributed by atoms with Crippen molar-refractivity contribution in [1.29, 1.82) is 0 Å². The van der Waals surface area contributed by atoms with Gasteiger partial charge in [0.2, 0.25) is 0 Å². The van der Waals surface area contributed by atoms with Crippen LogP contribution in [0.25, 0.3) is 0 Å². The fourth-order valence-electron chi connectivity index (χ4n) is 3.04. The van der Waals surface area contributed by atoms with Crippen molar-refractivity contribution in [3.05, 3.63) is 47.4 Å². The van der Waals surface area contributed by atoms with E-state index in [1.54, 1.807) is 4.90 Å². The Kier molecular flexibility index (Phi) is 5.36. The average Bonchev–Trinajstić information content (AvgIpc) is 2.62. The molecular formula is C17H19F4N5. The zero-order valence-electron chi connectivity index (χ0n) is 14.3. The van der Waals surface area contributed by atoms with Gasteiger partial charge in [-0.2, -0.15) is 13.2 Å². The third-order valence-electron chi connectivity index (χ3n) is 4.40. The van der Waals surface area contributed by atoms with Gasteiger partial charge >= 0.3 is 6.18 Å². The van der Waals surface area contributed by atoms with E-state index in [0.29, 0.717) is 38.3 Å². The molecule has 0 radical (unpaired) electrons. The molecule has 9 heteroatoms. The molecule has 0 aromatic carbocycles. The maximum absolute atomic E-state index is 14.4. The first-order valence-electron chi connectivity index (χ1n) is 8.38. The highest BCUT2D eigenvalue weighted by Crippen LogP contribution is 2.31. The number of halogens is 4. The summed E-state index contributed by atoms with van der Waals surface area (Å²) in [7, 11) is 0. The summed E-state index contributed by atoms with van der Waals surface area (Å²) in [6.45, 7) is 3.97. The lowest BCUT2D eigenvalue weighted by Gasteiger charge is -2.35. The van der Waals surface area contributed by atoms with Gasteiger partial charge in [0.1, 0.15) is 12.0 Å². The molecule has 0 aliphatic carbocycles. The predicted octanol–water partition coefficient (Wildman–Crippen LogP) is 2.91. The molecule has 1 saturated heterocycles. The van der Waals surface area contributed by atoms with Gasteiger partial charge in [-0.25, -0.2) is 14.4 Å². The molecular weight excluding hydrogens is 350 g/mol. The van der Waals surface area contributed by atoms with Crippen molar-refractivity contribution in [2.24, 2.45) is 0 Å². The fraction of sp³-hybridized carbons (Fsp3) is 0.471. The zero-order valence-corrected chi connectivity index (χ0v) is 14.3. The molecule has 0 saturated carbocycles. The van der Waals surface area contributed by atoms with E-state index in [4.69, 9.17) is 0 Å². The van der Waals surface area contributed by atoms with E-state index in [1.807, 2.05) is 11.8 Å². The Morgan fingerprint density at radius 2 is 1.81 bits per heavy atom. The number of pyridine rings is 1. The van der Waals surface area contributed by atoms with E-state index in [2.05, 4.69) is 15.0 Å². The molecule has 0 bridgehead atoms. The van der Waals surface area contributed by atoms with E-state index >= 15 is 0 Å². The van der Waals surface area contributed by atoms with Gasteiger partial charge < -0.3 is 4.90 Å². The lowest BCUT2D eigenvalue weighted by Crippen LogP contribution is -2.46. The van der Waals surface area contributed by atoms with Crippen LogP contribution in [0.15, 0.2) is 24.7 Å². The molecule has 0 atom stereocenters. The summed E-state index contributed by atoms with van der Waals surface area (Å²) in [5.41, 5.74) is -0.339. The largest absolute Gasteiger partial charge is 0.433 e. The summed E-state index contributed by atoms with van der Waals surface area (Å²) in [5, 5.41) is 0. The van der Waals surface area contributed by atoms with Gasteiger partial charge in [0.05, 0.1) is 5.69 Å². The first-order chi connectivity index (χ1) is 12.4. The van der Waals surface area contributed by atoms with Crippen molar-refractivity contribution in [1.82, 2.24) is 19.9 Å². The van der Waals surface area contributed by atoms with Gasteiger partial charge in [-0.15, -0.1) is 0 Å². The first-order valence-corrected chi connectivity index (χ1v) is 8.38. The number of anilines is 1. The Labute approximate surface area is 148 Å². The highest BCUT2D eigenvalue weighted by Gasteiger charge is 2.35. The van der Waals surface area contributed by atoms with E-state index < -0.39 is 17.7 Å². The van der Waals surface area contributed by atoms with Gasteiger partial charge in [-0.1, -0.05) is 13.0 Å². The van der Waals surface area contributed by atoms with Gasteiger partial charge in [-0.05, 0) is 18.1 Å². The van der Waals surface area contributed by atoms with Crippen LogP contribution in [0.2, 0.25) is 0 Å². The second-order valence-corrected chi connectivity index (χ2v) is 6.08. The molecule has 140 valence electrons. The summed E-state index contributed by atoms with van der Waals surface area (Å²) < 4.78 is 53.5. The van der Waals surface area contributed by atoms with E-state index in [0.717, 1.165) is 6.20 Å². The third-order valence-corrected chi connectivity index (χ3v) is 4.40. The molecule has 2 aromatic rings. The Morgan fingerprint density at radius 3 is 2.46 bits per heavy atom. The fourth-order valence-corrected chi connectivity index (χ4v) is 3.04. The molecule has 0 unspecified atom stereocenters. The lowest BCUT2D eigenvalue weighted by molar-refractivity contribution is -0.142. The molecule has 26 heavy (non-hydrogen) atoms. The van der Waals surface area contributed by atoms with Crippen molar-refractivity contribution in [3.8, 4) is 0 Å².